The van der Waals surface area contributed by atoms with E-state index in [1.165, 1.54) is 11.1 Å². The van der Waals surface area contributed by atoms with Gasteiger partial charge >= 0.3 is 0 Å². The number of hydrogen-bond donors (Lipinski definition) is 2. The molecule has 108 valence electrons. The summed E-state index contributed by atoms with van der Waals surface area (Å²) in [5.41, 5.74) is 4.96. The third-order valence-corrected chi connectivity index (χ3v) is 4.19. The van der Waals surface area contributed by atoms with E-state index >= 15 is 0 Å². The van der Waals surface area contributed by atoms with E-state index < -0.39 is 0 Å². The Hall–Kier alpha value is -1.84. The first kappa shape index (κ1) is 14.1. The highest BCUT2D eigenvalue weighted by Crippen LogP contribution is 2.21. The van der Waals surface area contributed by atoms with Gasteiger partial charge in [0, 0.05) is 22.8 Å². The maximum Gasteiger partial charge on any atom is 0.255 e. The molecule has 4 heteroatoms. The van der Waals surface area contributed by atoms with E-state index in [1.807, 2.05) is 25.1 Å². The van der Waals surface area contributed by atoms with Crippen molar-refractivity contribution in [2.24, 2.45) is 0 Å². The Morgan fingerprint density at radius 3 is 2.86 bits per heavy atom. The van der Waals surface area contributed by atoms with Gasteiger partial charge in [-0.15, -0.1) is 0 Å². The fraction of sp³-hybridized carbons (Fsp3) is 0.235. The lowest BCUT2D eigenvalue weighted by Crippen LogP contribution is -2.23. The molecule has 0 aliphatic carbocycles. The Morgan fingerprint density at radius 1 is 1.19 bits per heavy atom. The van der Waals surface area contributed by atoms with Crippen molar-refractivity contribution in [3.05, 3.63) is 63.7 Å². The fourth-order valence-electron chi connectivity index (χ4n) is 2.50. The summed E-state index contributed by atoms with van der Waals surface area (Å²) in [6.45, 7) is 3.79. The summed E-state index contributed by atoms with van der Waals surface area (Å²) in [6, 6.07) is 11.4. The number of anilines is 1. The maximum atomic E-state index is 12.3. The quantitative estimate of drug-likeness (QED) is 0.890. The van der Waals surface area contributed by atoms with Gasteiger partial charge in [0.2, 0.25) is 0 Å². The molecule has 0 saturated carbocycles. The highest BCUT2D eigenvalue weighted by atomic mass is 35.5. The number of fused-ring (bicyclic) bond motifs is 1. The molecule has 0 atom stereocenters. The highest BCUT2D eigenvalue weighted by Gasteiger charge is 2.11. The van der Waals surface area contributed by atoms with Gasteiger partial charge in [-0.25, -0.2) is 0 Å². The zero-order valence-corrected chi connectivity index (χ0v) is 12.6. The maximum absolute atomic E-state index is 12.3. The van der Waals surface area contributed by atoms with Gasteiger partial charge in [0.05, 0.1) is 0 Å². The van der Waals surface area contributed by atoms with Gasteiger partial charge in [-0.3, -0.25) is 4.79 Å². The summed E-state index contributed by atoms with van der Waals surface area (Å²) < 4.78 is 0. The number of hydrogen-bond acceptors (Lipinski definition) is 2. The minimum Gasteiger partial charge on any atom is -0.322 e. The largest absolute Gasteiger partial charge is 0.322 e. The Balaban J connectivity index is 1.79. The average Bonchev–Trinajstić information content (AvgIpc) is 2.50. The van der Waals surface area contributed by atoms with Crippen LogP contribution in [0.25, 0.3) is 0 Å². The van der Waals surface area contributed by atoms with Crippen LogP contribution in [-0.2, 0) is 13.0 Å². The van der Waals surface area contributed by atoms with Crippen molar-refractivity contribution in [2.45, 2.75) is 19.9 Å². The first-order valence-corrected chi connectivity index (χ1v) is 7.41. The van der Waals surface area contributed by atoms with E-state index in [2.05, 4.69) is 16.7 Å². The number of rotatable bonds is 2. The van der Waals surface area contributed by atoms with Crippen LogP contribution in [0, 0.1) is 6.92 Å². The van der Waals surface area contributed by atoms with Crippen LogP contribution in [0.3, 0.4) is 0 Å². The predicted octanol–water partition coefficient (Wildman–Crippen LogP) is 3.55. The number of carbonyl (C=O) groups excluding carboxylic acids is 1. The molecule has 2 aromatic rings. The number of nitrogens with one attached hydrogen (secondary N) is 2. The number of benzene rings is 2. The molecule has 0 bridgehead atoms. The second-order valence-corrected chi connectivity index (χ2v) is 5.74. The summed E-state index contributed by atoms with van der Waals surface area (Å²) in [5.74, 6) is -0.138. The molecule has 2 aromatic carbocycles. The van der Waals surface area contributed by atoms with Crippen molar-refractivity contribution in [3.8, 4) is 0 Å². The second kappa shape index (κ2) is 5.88. The van der Waals surface area contributed by atoms with Crippen molar-refractivity contribution in [2.75, 3.05) is 11.9 Å². The molecule has 0 spiro atoms. The molecule has 1 aliphatic heterocycles. The third-order valence-electron chi connectivity index (χ3n) is 3.78. The molecule has 0 radical (unpaired) electrons. The lowest BCUT2D eigenvalue weighted by molar-refractivity contribution is 0.102. The Kier molecular flexibility index (Phi) is 3.95. The standard InChI is InChI=1S/C17H17ClN2O/c1-11-2-3-13(9-16(11)18)17(21)20-15-5-4-12-6-7-19-10-14(12)8-15/h2-5,8-9,19H,6-7,10H2,1H3,(H,20,21). The molecule has 0 aromatic heterocycles. The monoisotopic (exact) mass is 300 g/mol. The van der Waals surface area contributed by atoms with Crippen LogP contribution in [0.2, 0.25) is 5.02 Å². The summed E-state index contributed by atoms with van der Waals surface area (Å²) >= 11 is 6.07. The van der Waals surface area contributed by atoms with Gasteiger partial charge in [0.25, 0.3) is 5.91 Å². The molecule has 0 saturated heterocycles. The van der Waals surface area contributed by atoms with E-state index in [9.17, 15) is 4.79 Å². The summed E-state index contributed by atoms with van der Waals surface area (Å²) in [5, 5.41) is 6.87. The van der Waals surface area contributed by atoms with Crippen molar-refractivity contribution in [1.82, 2.24) is 5.32 Å². The molecule has 3 rings (SSSR count). The van der Waals surface area contributed by atoms with Crippen molar-refractivity contribution >= 4 is 23.2 Å². The average molecular weight is 301 g/mol. The lowest BCUT2D eigenvalue weighted by Gasteiger charge is -2.18. The smallest absolute Gasteiger partial charge is 0.255 e. The molecule has 21 heavy (non-hydrogen) atoms. The number of halogens is 1. The van der Waals surface area contributed by atoms with Gasteiger partial charge in [-0.05, 0) is 60.8 Å². The summed E-state index contributed by atoms with van der Waals surface area (Å²) in [7, 11) is 0. The number of amides is 1. The van der Waals surface area contributed by atoms with Gasteiger partial charge in [-0.2, -0.15) is 0 Å². The second-order valence-electron chi connectivity index (χ2n) is 5.33. The van der Waals surface area contributed by atoms with E-state index in [0.29, 0.717) is 10.6 Å². The van der Waals surface area contributed by atoms with E-state index in [4.69, 9.17) is 11.6 Å². The van der Waals surface area contributed by atoms with Gasteiger partial charge < -0.3 is 10.6 Å². The molecule has 0 unspecified atom stereocenters. The third kappa shape index (κ3) is 3.09. The number of carbonyl (C=O) groups is 1. The lowest BCUT2D eigenvalue weighted by atomic mass is 10.0. The molecule has 1 aliphatic rings. The molecular weight excluding hydrogens is 284 g/mol. The fourth-order valence-corrected chi connectivity index (χ4v) is 2.68. The normalized spacial score (nSPS) is 13.6. The minimum atomic E-state index is -0.138. The Labute approximate surface area is 129 Å². The van der Waals surface area contributed by atoms with Crippen molar-refractivity contribution < 1.29 is 4.79 Å². The van der Waals surface area contributed by atoms with Crippen molar-refractivity contribution in [1.29, 1.82) is 0 Å². The first-order valence-electron chi connectivity index (χ1n) is 7.03. The van der Waals surface area contributed by atoms with Gasteiger partial charge in [-0.1, -0.05) is 23.7 Å². The molecule has 3 nitrogen and oxygen atoms in total. The molecule has 1 amide bonds. The zero-order valence-electron chi connectivity index (χ0n) is 11.9. The molecule has 0 fully saturated rings. The first-order chi connectivity index (χ1) is 10.1. The molecular formula is C17H17ClN2O. The molecule has 2 N–H and O–H groups in total. The topological polar surface area (TPSA) is 41.1 Å². The van der Waals surface area contributed by atoms with E-state index in [0.717, 1.165) is 30.8 Å². The Bertz CT molecular complexity index is 697. The number of aryl methyl sites for hydroxylation is 1. The SMILES string of the molecule is Cc1ccc(C(=O)Nc2ccc3c(c2)CNCC3)cc1Cl. The predicted molar refractivity (Wildman–Crippen MR) is 86.0 cm³/mol. The van der Waals surface area contributed by atoms with Gasteiger partial charge in [0.15, 0.2) is 0 Å². The summed E-state index contributed by atoms with van der Waals surface area (Å²) in [6.07, 6.45) is 1.04. The summed E-state index contributed by atoms with van der Waals surface area (Å²) in [4.78, 5) is 12.3. The van der Waals surface area contributed by atoms with Crippen LogP contribution < -0.4 is 10.6 Å². The van der Waals surface area contributed by atoms with Crippen molar-refractivity contribution in [3.63, 3.8) is 0 Å². The van der Waals surface area contributed by atoms with Crippen LogP contribution >= 0.6 is 11.6 Å². The molecule has 1 heterocycles. The van der Waals surface area contributed by atoms with E-state index in [1.54, 1.807) is 12.1 Å². The zero-order chi connectivity index (χ0) is 14.8. The Morgan fingerprint density at radius 2 is 2.05 bits per heavy atom. The van der Waals surface area contributed by atoms with Crippen LogP contribution in [0.1, 0.15) is 27.0 Å². The van der Waals surface area contributed by atoms with Crippen LogP contribution in [-0.4, -0.2) is 12.5 Å². The van der Waals surface area contributed by atoms with Crippen LogP contribution in [0.15, 0.2) is 36.4 Å². The van der Waals surface area contributed by atoms with Gasteiger partial charge in [0.1, 0.15) is 0 Å². The highest BCUT2D eigenvalue weighted by molar-refractivity contribution is 6.31. The van der Waals surface area contributed by atoms with Crippen LogP contribution in [0.5, 0.6) is 0 Å². The minimum absolute atomic E-state index is 0.138. The van der Waals surface area contributed by atoms with Crippen LogP contribution in [0.4, 0.5) is 5.69 Å². The van der Waals surface area contributed by atoms with E-state index in [-0.39, 0.29) is 5.91 Å².